The van der Waals surface area contributed by atoms with Crippen molar-refractivity contribution in [3.05, 3.63) is 42.0 Å². The second kappa shape index (κ2) is 8.09. The number of anilines is 2. The van der Waals surface area contributed by atoms with E-state index in [1.807, 2.05) is 18.2 Å². The van der Waals surface area contributed by atoms with Crippen LogP contribution in [0.1, 0.15) is 25.3 Å². The Morgan fingerprint density at radius 1 is 1.19 bits per heavy atom. The minimum absolute atomic E-state index is 0.231. The first-order valence-corrected chi connectivity index (χ1v) is 7.33. The molecular formula is C16H22N4O. The van der Waals surface area contributed by atoms with Crippen LogP contribution in [0.25, 0.3) is 0 Å². The van der Waals surface area contributed by atoms with Crippen molar-refractivity contribution in [1.82, 2.24) is 9.97 Å². The Bertz CT molecular complexity index is 545. The van der Waals surface area contributed by atoms with Crippen LogP contribution in [0.2, 0.25) is 0 Å². The van der Waals surface area contributed by atoms with Crippen molar-refractivity contribution in [3.8, 4) is 5.88 Å². The molecule has 0 spiro atoms. The highest BCUT2D eigenvalue weighted by molar-refractivity contribution is 5.42. The van der Waals surface area contributed by atoms with E-state index in [2.05, 4.69) is 34.3 Å². The van der Waals surface area contributed by atoms with Crippen molar-refractivity contribution >= 4 is 11.8 Å². The van der Waals surface area contributed by atoms with Gasteiger partial charge >= 0.3 is 0 Å². The number of aromatic nitrogens is 2. The lowest BCUT2D eigenvalue weighted by Gasteiger charge is -2.09. The van der Waals surface area contributed by atoms with Gasteiger partial charge in [-0.2, -0.15) is 9.97 Å². The number of nitrogens with zero attached hydrogens (tertiary/aromatic N) is 2. The van der Waals surface area contributed by atoms with Crippen LogP contribution in [0.15, 0.2) is 36.4 Å². The predicted molar refractivity (Wildman–Crippen MR) is 85.5 cm³/mol. The second-order valence-corrected chi connectivity index (χ2v) is 4.81. The van der Waals surface area contributed by atoms with Crippen molar-refractivity contribution < 1.29 is 4.74 Å². The topological polar surface area (TPSA) is 73.1 Å². The van der Waals surface area contributed by atoms with Gasteiger partial charge in [0.15, 0.2) is 0 Å². The normalized spacial score (nSPS) is 10.3. The summed E-state index contributed by atoms with van der Waals surface area (Å²) in [5.41, 5.74) is 7.00. The highest BCUT2D eigenvalue weighted by Crippen LogP contribution is 2.15. The standard InChI is InChI=1S/C16H22N4O/c1-2-10-18-14-12-15(20-16(17)19-14)21-11-6-9-13-7-4-3-5-8-13/h3-5,7-8,12H,2,6,9-11H2,1H3,(H3,17,18,19,20). The van der Waals surface area contributed by atoms with E-state index in [1.165, 1.54) is 5.56 Å². The zero-order valence-electron chi connectivity index (χ0n) is 12.4. The summed E-state index contributed by atoms with van der Waals surface area (Å²) < 4.78 is 5.66. The molecule has 0 fully saturated rings. The number of hydrogen-bond donors (Lipinski definition) is 2. The van der Waals surface area contributed by atoms with Crippen LogP contribution in [0.3, 0.4) is 0 Å². The first-order chi connectivity index (χ1) is 10.3. The number of hydrogen-bond acceptors (Lipinski definition) is 5. The lowest BCUT2D eigenvalue weighted by Crippen LogP contribution is -2.07. The third-order valence-electron chi connectivity index (χ3n) is 2.98. The number of benzene rings is 1. The van der Waals surface area contributed by atoms with Gasteiger partial charge < -0.3 is 15.8 Å². The highest BCUT2D eigenvalue weighted by Gasteiger charge is 2.03. The Hall–Kier alpha value is -2.30. The maximum Gasteiger partial charge on any atom is 0.225 e. The van der Waals surface area contributed by atoms with E-state index in [0.717, 1.165) is 25.8 Å². The van der Waals surface area contributed by atoms with Crippen LogP contribution in [0.4, 0.5) is 11.8 Å². The summed E-state index contributed by atoms with van der Waals surface area (Å²) in [4.78, 5) is 8.21. The summed E-state index contributed by atoms with van der Waals surface area (Å²) in [5, 5.41) is 3.18. The van der Waals surface area contributed by atoms with Gasteiger partial charge in [0.25, 0.3) is 0 Å². The monoisotopic (exact) mass is 286 g/mol. The van der Waals surface area contributed by atoms with Gasteiger partial charge in [-0.05, 0) is 24.8 Å². The Balaban J connectivity index is 1.81. The number of aryl methyl sites for hydroxylation is 1. The fraction of sp³-hybridized carbons (Fsp3) is 0.375. The first-order valence-electron chi connectivity index (χ1n) is 7.33. The minimum atomic E-state index is 0.231. The van der Waals surface area contributed by atoms with E-state index in [-0.39, 0.29) is 5.95 Å². The molecule has 1 aromatic carbocycles. The van der Waals surface area contributed by atoms with Gasteiger partial charge in [0.1, 0.15) is 5.82 Å². The largest absolute Gasteiger partial charge is 0.477 e. The minimum Gasteiger partial charge on any atom is -0.477 e. The summed E-state index contributed by atoms with van der Waals surface area (Å²) >= 11 is 0. The van der Waals surface area contributed by atoms with Gasteiger partial charge in [0.05, 0.1) is 6.61 Å². The molecule has 2 rings (SSSR count). The number of ether oxygens (including phenoxy) is 1. The summed E-state index contributed by atoms with van der Waals surface area (Å²) in [6.45, 7) is 3.56. The molecule has 1 aromatic heterocycles. The second-order valence-electron chi connectivity index (χ2n) is 4.81. The van der Waals surface area contributed by atoms with Crippen LogP contribution in [-0.2, 0) is 6.42 Å². The molecule has 0 aliphatic carbocycles. The molecule has 5 nitrogen and oxygen atoms in total. The Morgan fingerprint density at radius 2 is 2.00 bits per heavy atom. The molecule has 0 radical (unpaired) electrons. The van der Waals surface area contributed by atoms with Crippen molar-refractivity contribution in [2.75, 3.05) is 24.2 Å². The summed E-state index contributed by atoms with van der Waals surface area (Å²) in [6, 6.07) is 12.1. The highest BCUT2D eigenvalue weighted by atomic mass is 16.5. The van der Waals surface area contributed by atoms with E-state index >= 15 is 0 Å². The molecule has 0 amide bonds. The molecule has 0 bridgehead atoms. The molecule has 0 aliphatic heterocycles. The van der Waals surface area contributed by atoms with E-state index in [0.29, 0.717) is 18.3 Å². The molecule has 1 heterocycles. The van der Waals surface area contributed by atoms with Gasteiger partial charge in [0, 0.05) is 12.6 Å². The van der Waals surface area contributed by atoms with Crippen LogP contribution in [0, 0.1) is 0 Å². The fourth-order valence-corrected chi connectivity index (χ4v) is 1.96. The molecule has 0 saturated carbocycles. The lowest BCUT2D eigenvalue weighted by atomic mass is 10.1. The van der Waals surface area contributed by atoms with Crippen molar-refractivity contribution in [1.29, 1.82) is 0 Å². The summed E-state index contributed by atoms with van der Waals surface area (Å²) in [6.07, 6.45) is 2.95. The molecule has 0 aliphatic rings. The maximum atomic E-state index is 5.68. The van der Waals surface area contributed by atoms with E-state index in [1.54, 1.807) is 6.07 Å². The number of nitrogens with two attached hydrogens (primary N) is 1. The van der Waals surface area contributed by atoms with Crippen LogP contribution in [-0.4, -0.2) is 23.1 Å². The van der Waals surface area contributed by atoms with Gasteiger partial charge in [-0.25, -0.2) is 0 Å². The average Bonchev–Trinajstić information content (AvgIpc) is 2.50. The zero-order chi connectivity index (χ0) is 14.9. The Labute approximate surface area is 125 Å². The molecule has 3 N–H and O–H groups in total. The SMILES string of the molecule is CCCNc1cc(OCCCc2ccccc2)nc(N)n1. The van der Waals surface area contributed by atoms with Crippen molar-refractivity contribution in [2.45, 2.75) is 26.2 Å². The molecule has 112 valence electrons. The molecule has 0 atom stereocenters. The summed E-state index contributed by atoms with van der Waals surface area (Å²) in [7, 11) is 0. The predicted octanol–water partition coefficient (Wildman–Crippen LogP) is 2.89. The Morgan fingerprint density at radius 3 is 2.76 bits per heavy atom. The molecule has 21 heavy (non-hydrogen) atoms. The van der Waals surface area contributed by atoms with Crippen molar-refractivity contribution in [3.63, 3.8) is 0 Å². The smallest absolute Gasteiger partial charge is 0.225 e. The van der Waals surface area contributed by atoms with E-state index < -0.39 is 0 Å². The molecule has 5 heteroatoms. The van der Waals surface area contributed by atoms with Crippen LogP contribution >= 0.6 is 0 Å². The Kier molecular flexibility index (Phi) is 5.82. The van der Waals surface area contributed by atoms with Gasteiger partial charge in [-0.15, -0.1) is 0 Å². The molecule has 0 unspecified atom stereocenters. The quantitative estimate of drug-likeness (QED) is 0.730. The van der Waals surface area contributed by atoms with Crippen LogP contribution < -0.4 is 15.8 Å². The van der Waals surface area contributed by atoms with E-state index in [4.69, 9.17) is 10.5 Å². The first kappa shape index (κ1) is 15.1. The van der Waals surface area contributed by atoms with Crippen LogP contribution in [0.5, 0.6) is 5.88 Å². The van der Waals surface area contributed by atoms with Gasteiger partial charge in [0.2, 0.25) is 11.8 Å². The number of rotatable bonds is 8. The number of nitrogens with one attached hydrogen (secondary N) is 1. The lowest BCUT2D eigenvalue weighted by molar-refractivity contribution is 0.299. The third-order valence-corrected chi connectivity index (χ3v) is 2.98. The summed E-state index contributed by atoms with van der Waals surface area (Å²) in [5.74, 6) is 1.46. The molecular weight excluding hydrogens is 264 g/mol. The van der Waals surface area contributed by atoms with Gasteiger partial charge in [-0.3, -0.25) is 0 Å². The van der Waals surface area contributed by atoms with E-state index in [9.17, 15) is 0 Å². The van der Waals surface area contributed by atoms with Gasteiger partial charge in [-0.1, -0.05) is 37.3 Å². The molecule has 2 aromatic rings. The fourth-order valence-electron chi connectivity index (χ4n) is 1.96. The zero-order valence-corrected chi connectivity index (χ0v) is 12.4. The maximum absolute atomic E-state index is 5.68. The third kappa shape index (κ3) is 5.30. The number of nitrogen functional groups attached to an aromatic ring is 1. The average molecular weight is 286 g/mol. The van der Waals surface area contributed by atoms with Crippen molar-refractivity contribution in [2.24, 2.45) is 0 Å². The molecule has 0 saturated heterocycles.